The molecule has 1 N–H and O–H groups in total. The number of hydrogen-bond donors (Lipinski definition) is 1. The largest absolute Gasteiger partial charge is 0.478 e. The van der Waals surface area contributed by atoms with Gasteiger partial charge in [0, 0.05) is 12.0 Å². The van der Waals surface area contributed by atoms with Crippen molar-refractivity contribution in [2.45, 2.75) is 61.2 Å². The van der Waals surface area contributed by atoms with E-state index in [2.05, 4.69) is 0 Å². The average Bonchev–Trinajstić information content (AvgIpc) is 2.58. The maximum atomic E-state index is 13.4. The molecule has 0 aliphatic rings. The molecule has 0 saturated carbocycles. The summed E-state index contributed by atoms with van der Waals surface area (Å²) in [5.74, 6) is -57.1. The van der Waals surface area contributed by atoms with Gasteiger partial charge in [0.15, 0.2) is 0 Å². The lowest BCUT2D eigenvalue weighted by molar-refractivity contribution is -0.446. The summed E-state index contributed by atoms with van der Waals surface area (Å²) in [6, 6.07) is 0. The summed E-state index contributed by atoms with van der Waals surface area (Å²) in [4.78, 5) is 10.3. The molecule has 0 aliphatic heterocycles. The van der Waals surface area contributed by atoms with Crippen molar-refractivity contribution in [3.63, 3.8) is 0 Å². The Bertz CT molecular complexity index is 708. The van der Waals surface area contributed by atoms with Gasteiger partial charge in [0.05, 0.1) is 0 Å². The van der Waals surface area contributed by atoms with Gasteiger partial charge < -0.3 is 5.11 Å². The molecule has 0 aromatic rings. The van der Waals surface area contributed by atoms with Crippen molar-refractivity contribution in [1.82, 2.24) is 0 Å². The van der Waals surface area contributed by atoms with Crippen LogP contribution in [-0.2, 0) is 4.79 Å². The maximum Gasteiger partial charge on any atom is 0.384 e. The van der Waals surface area contributed by atoms with Gasteiger partial charge in [-0.05, 0) is 6.92 Å². The van der Waals surface area contributed by atoms with Crippen molar-refractivity contribution in [2.24, 2.45) is 0 Å². The molecular formula is C13H8F16O2. The monoisotopic (exact) mass is 500 g/mol. The molecule has 184 valence electrons. The molecule has 2 nitrogen and oxygen atoms in total. The van der Waals surface area contributed by atoms with Crippen molar-refractivity contribution in [3.05, 3.63) is 11.6 Å². The Morgan fingerprint density at radius 3 is 1.35 bits per heavy atom. The molecule has 0 saturated heterocycles. The van der Waals surface area contributed by atoms with Crippen LogP contribution in [0.3, 0.4) is 0 Å². The zero-order chi connectivity index (χ0) is 25.6. The summed E-state index contributed by atoms with van der Waals surface area (Å²) in [7, 11) is 0. The van der Waals surface area contributed by atoms with Crippen molar-refractivity contribution >= 4 is 5.97 Å². The van der Waals surface area contributed by atoms with E-state index in [0.717, 1.165) is 0 Å². The van der Waals surface area contributed by atoms with E-state index in [9.17, 15) is 75.0 Å². The van der Waals surface area contributed by atoms with Gasteiger partial charge in [0.1, 0.15) is 0 Å². The van der Waals surface area contributed by atoms with Crippen LogP contribution in [0, 0.1) is 0 Å². The Labute approximate surface area is 160 Å². The third-order valence-electron chi connectivity index (χ3n) is 3.73. The smallest absolute Gasteiger partial charge is 0.384 e. The van der Waals surface area contributed by atoms with Gasteiger partial charge >= 0.3 is 53.9 Å². The minimum absolute atomic E-state index is 0.407. The first-order valence-corrected chi connectivity index (χ1v) is 7.10. The van der Waals surface area contributed by atoms with E-state index in [1.807, 2.05) is 0 Å². The summed E-state index contributed by atoms with van der Waals surface area (Å²) in [5, 5.41) is 8.30. The van der Waals surface area contributed by atoms with E-state index in [1.54, 1.807) is 0 Å². The van der Waals surface area contributed by atoms with E-state index in [1.165, 1.54) is 0 Å². The van der Waals surface area contributed by atoms with Gasteiger partial charge in [-0.3, -0.25) is 0 Å². The van der Waals surface area contributed by atoms with Crippen molar-refractivity contribution in [1.29, 1.82) is 0 Å². The number of carboxylic acid groups (broad SMARTS) is 1. The molecule has 0 bridgehead atoms. The summed E-state index contributed by atoms with van der Waals surface area (Å²) < 4.78 is 208. The normalized spacial score (nSPS) is 16.1. The Balaban J connectivity index is 6.56. The van der Waals surface area contributed by atoms with Crippen molar-refractivity contribution in [2.75, 3.05) is 0 Å². The second kappa shape index (κ2) is 7.90. The number of allylic oxidation sites excluding steroid dienone is 1. The van der Waals surface area contributed by atoms with Gasteiger partial charge in [-0.1, -0.05) is 6.08 Å². The van der Waals surface area contributed by atoms with E-state index in [-0.39, 0.29) is 0 Å². The molecule has 0 rings (SSSR count). The molecule has 0 heterocycles. The molecular weight excluding hydrogens is 492 g/mol. The highest BCUT2D eigenvalue weighted by Gasteiger charge is 2.93. The second-order valence-electron chi connectivity index (χ2n) is 5.90. The van der Waals surface area contributed by atoms with Crippen LogP contribution in [0.5, 0.6) is 0 Å². The van der Waals surface area contributed by atoms with Crippen LogP contribution in [0.1, 0.15) is 13.3 Å². The summed E-state index contributed by atoms with van der Waals surface area (Å²) >= 11 is 0. The number of halogens is 16. The quantitative estimate of drug-likeness (QED) is 0.290. The van der Waals surface area contributed by atoms with E-state index in [0.29, 0.717) is 6.92 Å². The van der Waals surface area contributed by atoms with Crippen LogP contribution < -0.4 is 0 Å². The van der Waals surface area contributed by atoms with Gasteiger partial charge in [0.2, 0.25) is 0 Å². The molecule has 0 unspecified atom stereocenters. The molecule has 0 aromatic carbocycles. The number of carbonyl (C=O) groups is 1. The van der Waals surface area contributed by atoms with Gasteiger partial charge in [-0.15, -0.1) is 0 Å². The Morgan fingerprint density at radius 2 is 1.03 bits per heavy atom. The van der Waals surface area contributed by atoms with Crippen LogP contribution in [0.2, 0.25) is 0 Å². The standard InChI is InChI=1S/C13H8F16O2/c1-4(5(30)31)2-3-7(16,17)9(20,21)11(24,25)13(28,29)12(26,27)10(22,23)8(18,19)6(14)15/h2,6H,3H2,1H3,(H,30,31). The van der Waals surface area contributed by atoms with Gasteiger partial charge in [-0.25, -0.2) is 13.6 Å². The summed E-state index contributed by atoms with van der Waals surface area (Å²) in [6.45, 7) is 0.407. The lowest BCUT2D eigenvalue weighted by Crippen LogP contribution is -2.73. The highest BCUT2D eigenvalue weighted by Crippen LogP contribution is 2.63. The minimum Gasteiger partial charge on any atom is -0.478 e. The second-order valence-corrected chi connectivity index (χ2v) is 5.90. The fraction of sp³-hybridized carbons (Fsp3) is 0.769. The molecule has 31 heavy (non-hydrogen) atoms. The molecule has 0 fully saturated rings. The number of rotatable bonds is 10. The summed E-state index contributed by atoms with van der Waals surface area (Å²) in [5.41, 5.74) is -1.26. The zero-order valence-corrected chi connectivity index (χ0v) is 14.3. The summed E-state index contributed by atoms with van der Waals surface area (Å²) in [6.07, 6.45) is -9.20. The van der Waals surface area contributed by atoms with Gasteiger partial charge in [-0.2, -0.15) is 61.5 Å². The van der Waals surface area contributed by atoms with E-state index >= 15 is 0 Å². The third kappa shape index (κ3) is 4.12. The fourth-order valence-corrected chi connectivity index (χ4v) is 1.66. The third-order valence-corrected chi connectivity index (χ3v) is 3.73. The Morgan fingerprint density at radius 1 is 0.710 bits per heavy atom. The lowest BCUT2D eigenvalue weighted by atomic mass is 9.88. The molecule has 18 heteroatoms. The number of hydrogen-bond acceptors (Lipinski definition) is 1. The fourth-order valence-electron chi connectivity index (χ4n) is 1.66. The molecule has 0 atom stereocenters. The molecule has 0 aromatic heterocycles. The lowest BCUT2D eigenvalue weighted by Gasteiger charge is -2.42. The topological polar surface area (TPSA) is 37.3 Å². The number of alkyl halides is 16. The first kappa shape index (κ1) is 29.1. The molecule has 0 amide bonds. The highest BCUT2D eigenvalue weighted by atomic mass is 19.4. The number of carboxylic acids is 1. The first-order chi connectivity index (χ1) is 13.3. The predicted octanol–water partition coefficient (Wildman–Crippen LogP) is 6.12. The predicted molar refractivity (Wildman–Crippen MR) is 66.6 cm³/mol. The molecule has 0 spiro atoms. The van der Waals surface area contributed by atoms with Crippen molar-refractivity contribution < 1.29 is 80.1 Å². The maximum absolute atomic E-state index is 13.4. The minimum atomic E-state index is -8.46. The van der Waals surface area contributed by atoms with Crippen LogP contribution in [0.15, 0.2) is 11.6 Å². The first-order valence-electron chi connectivity index (χ1n) is 7.10. The van der Waals surface area contributed by atoms with Gasteiger partial charge in [0.25, 0.3) is 0 Å². The molecule has 0 aliphatic carbocycles. The highest BCUT2D eigenvalue weighted by molar-refractivity contribution is 5.85. The average molecular weight is 500 g/mol. The SMILES string of the molecule is CC(=CCC(F)(F)C(F)(F)C(F)(F)C(F)(F)C(F)(F)C(F)(F)C(F)(F)C(F)F)C(=O)O. The van der Waals surface area contributed by atoms with Crippen LogP contribution in [0.4, 0.5) is 70.2 Å². The zero-order valence-electron chi connectivity index (χ0n) is 14.3. The van der Waals surface area contributed by atoms with Crippen molar-refractivity contribution in [3.8, 4) is 0 Å². The Kier molecular flexibility index (Phi) is 7.41. The molecule has 0 radical (unpaired) electrons. The van der Waals surface area contributed by atoms with Crippen LogP contribution in [0.25, 0.3) is 0 Å². The van der Waals surface area contributed by atoms with Crippen LogP contribution >= 0.6 is 0 Å². The number of aliphatic carboxylic acids is 1. The van der Waals surface area contributed by atoms with E-state index in [4.69, 9.17) is 5.11 Å². The van der Waals surface area contributed by atoms with E-state index < -0.39 is 71.9 Å². The van der Waals surface area contributed by atoms with Crippen LogP contribution in [-0.4, -0.2) is 59.0 Å². The Hall–Kier alpha value is -1.91.